The number of rotatable bonds is 9. The zero-order valence-electron chi connectivity index (χ0n) is 12.6. The summed E-state index contributed by atoms with van der Waals surface area (Å²) in [5.74, 6) is -0.00142. The number of nitrogens with zero attached hydrogens (tertiary/aromatic N) is 1. The third-order valence-corrected chi connectivity index (χ3v) is 2.78. The molecule has 0 radical (unpaired) electrons. The summed E-state index contributed by atoms with van der Waals surface area (Å²) in [4.78, 5) is 13.7. The third kappa shape index (κ3) is 7.23. The molecule has 0 saturated heterocycles. The molecule has 0 aliphatic heterocycles. The summed E-state index contributed by atoms with van der Waals surface area (Å²) >= 11 is 0. The van der Waals surface area contributed by atoms with Gasteiger partial charge in [0.25, 0.3) is 0 Å². The number of hydrogen-bond donors (Lipinski definition) is 2. The molecule has 0 aliphatic carbocycles. The van der Waals surface area contributed by atoms with Crippen molar-refractivity contribution in [2.24, 2.45) is 0 Å². The largest absolute Gasteiger partial charge is 0.383 e. The lowest BCUT2D eigenvalue weighted by atomic mass is 10.1. The summed E-state index contributed by atoms with van der Waals surface area (Å²) in [5, 5.41) is 5.89. The fourth-order valence-corrected chi connectivity index (χ4v) is 1.77. The van der Waals surface area contributed by atoms with Gasteiger partial charge in [-0.2, -0.15) is 0 Å². The highest BCUT2D eigenvalue weighted by Crippen LogP contribution is 2.05. The Hall–Kier alpha value is -1.43. The van der Waals surface area contributed by atoms with Crippen LogP contribution in [-0.2, 0) is 22.6 Å². The van der Waals surface area contributed by atoms with Gasteiger partial charge in [-0.05, 0) is 25.2 Å². The normalized spacial score (nSPS) is 10.8. The first-order chi connectivity index (χ1) is 9.61. The van der Waals surface area contributed by atoms with Crippen LogP contribution < -0.4 is 10.6 Å². The maximum atomic E-state index is 11.6. The molecule has 5 nitrogen and oxygen atoms in total. The number of nitrogens with one attached hydrogen (secondary N) is 2. The fourth-order valence-electron chi connectivity index (χ4n) is 1.77. The second kappa shape index (κ2) is 9.47. The Kier molecular flexibility index (Phi) is 7.87. The van der Waals surface area contributed by atoms with E-state index in [1.807, 2.05) is 14.1 Å². The van der Waals surface area contributed by atoms with Gasteiger partial charge in [-0.3, -0.25) is 4.79 Å². The maximum absolute atomic E-state index is 11.6. The van der Waals surface area contributed by atoms with E-state index in [2.05, 4.69) is 39.8 Å². The summed E-state index contributed by atoms with van der Waals surface area (Å²) in [5.41, 5.74) is 2.38. The van der Waals surface area contributed by atoms with E-state index in [0.717, 1.165) is 12.1 Å². The lowest BCUT2D eigenvalue weighted by Crippen LogP contribution is -2.34. The first-order valence-corrected chi connectivity index (χ1v) is 6.80. The molecule has 0 heterocycles. The Balaban J connectivity index is 2.25. The van der Waals surface area contributed by atoms with Crippen molar-refractivity contribution in [3.63, 3.8) is 0 Å². The lowest BCUT2D eigenvalue weighted by Gasteiger charge is -2.10. The molecule has 0 saturated carbocycles. The summed E-state index contributed by atoms with van der Waals surface area (Å²) in [6.07, 6.45) is 0. The lowest BCUT2D eigenvalue weighted by molar-refractivity contribution is -0.120. The predicted molar refractivity (Wildman–Crippen MR) is 80.4 cm³/mol. The van der Waals surface area contributed by atoms with Gasteiger partial charge in [0.15, 0.2) is 0 Å². The van der Waals surface area contributed by atoms with Gasteiger partial charge in [-0.1, -0.05) is 24.3 Å². The number of carbonyl (C=O) groups is 1. The molecule has 20 heavy (non-hydrogen) atoms. The zero-order valence-corrected chi connectivity index (χ0v) is 12.6. The molecule has 0 fully saturated rings. The van der Waals surface area contributed by atoms with Crippen molar-refractivity contribution < 1.29 is 9.53 Å². The molecule has 1 aromatic rings. The van der Waals surface area contributed by atoms with Crippen LogP contribution in [0.2, 0.25) is 0 Å². The Morgan fingerprint density at radius 2 is 1.85 bits per heavy atom. The van der Waals surface area contributed by atoms with Crippen molar-refractivity contribution in [2.75, 3.05) is 40.9 Å². The van der Waals surface area contributed by atoms with Crippen molar-refractivity contribution in [3.8, 4) is 0 Å². The van der Waals surface area contributed by atoms with Crippen molar-refractivity contribution >= 4 is 5.91 Å². The van der Waals surface area contributed by atoms with Crippen LogP contribution >= 0.6 is 0 Å². The predicted octanol–water partition coefficient (Wildman–Crippen LogP) is 0.600. The summed E-state index contributed by atoms with van der Waals surface area (Å²) in [6, 6.07) is 8.30. The molecule has 0 unspecified atom stereocenters. The van der Waals surface area contributed by atoms with E-state index in [0.29, 0.717) is 26.2 Å². The van der Waals surface area contributed by atoms with Crippen LogP contribution in [0.3, 0.4) is 0 Å². The van der Waals surface area contributed by atoms with E-state index in [1.165, 1.54) is 5.56 Å². The molecule has 0 bridgehead atoms. The van der Waals surface area contributed by atoms with Gasteiger partial charge in [0.05, 0.1) is 13.2 Å². The Bertz CT molecular complexity index is 391. The Labute approximate surface area is 121 Å². The highest BCUT2D eigenvalue weighted by molar-refractivity contribution is 5.77. The highest BCUT2D eigenvalue weighted by atomic mass is 16.5. The van der Waals surface area contributed by atoms with Gasteiger partial charge in [0.1, 0.15) is 0 Å². The number of ether oxygens (including phenoxy) is 1. The molecule has 1 rings (SSSR count). The van der Waals surface area contributed by atoms with E-state index >= 15 is 0 Å². The SMILES string of the molecule is COCCNCC(=O)NCc1ccc(CN(C)C)cc1. The van der Waals surface area contributed by atoms with Gasteiger partial charge in [-0.25, -0.2) is 0 Å². The molecule has 1 amide bonds. The highest BCUT2D eigenvalue weighted by Gasteiger charge is 2.01. The van der Waals surface area contributed by atoms with Crippen molar-refractivity contribution in [1.82, 2.24) is 15.5 Å². The van der Waals surface area contributed by atoms with Crippen LogP contribution in [0.4, 0.5) is 0 Å². The smallest absolute Gasteiger partial charge is 0.234 e. The number of carbonyl (C=O) groups excluding carboxylic acids is 1. The molecule has 0 spiro atoms. The molecule has 5 heteroatoms. The summed E-state index contributed by atoms with van der Waals surface area (Å²) < 4.78 is 4.89. The van der Waals surface area contributed by atoms with E-state index in [-0.39, 0.29) is 5.91 Å². The van der Waals surface area contributed by atoms with Crippen molar-refractivity contribution in [3.05, 3.63) is 35.4 Å². The zero-order chi connectivity index (χ0) is 14.8. The maximum Gasteiger partial charge on any atom is 0.234 e. The number of hydrogen-bond acceptors (Lipinski definition) is 4. The molecule has 0 atom stereocenters. The Morgan fingerprint density at radius 3 is 2.45 bits per heavy atom. The third-order valence-electron chi connectivity index (χ3n) is 2.78. The second-order valence-electron chi connectivity index (χ2n) is 5.00. The minimum Gasteiger partial charge on any atom is -0.383 e. The molecule has 1 aromatic carbocycles. The van der Waals surface area contributed by atoms with E-state index < -0.39 is 0 Å². The van der Waals surface area contributed by atoms with Gasteiger partial charge in [0, 0.05) is 26.7 Å². The van der Waals surface area contributed by atoms with E-state index in [1.54, 1.807) is 7.11 Å². The van der Waals surface area contributed by atoms with Crippen LogP contribution in [0.15, 0.2) is 24.3 Å². The average Bonchev–Trinajstić information content (AvgIpc) is 2.42. The van der Waals surface area contributed by atoms with Crippen LogP contribution in [0.25, 0.3) is 0 Å². The molecule has 112 valence electrons. The van der Waals surface area contributed by atoms with Gasteiger partial charge in [-0.15, -0.1) is 0 Å². The molecule has 0 aliphatic rings. The van der Waals surface area contributed by atoms with Crippen molar-refractivity contribution in [2.45, 2.75) is 13.1 Å². The Morgan fingerprint density at radius 1 is 1.20 bits per heavy atom. The first kappa shape index (κ1) is 16.6. The molecule has 0 aromatic heterocycles. The minimum atomic E-state index is -0.00142. The molecular weight excluding hydrogens is 254 g/mol. The monoisotopic (exact) mass is 279 g/mol. The standard InChI is InChI=1S/C15H25N3O2/c1-18(2)12-14-6-4-13(5-7-14)10-17-15(19)11-16-8-9-20-3/h4-7,16H,8-12H2,1-3H3,(H,17,19). The average molecular weight is 279 g/mol. The van der Waals surface area contributed by atoms with Gasteiger partial charge < -0.3 is 20.3 Å². The minimum absolute atomic E-state index is 0.00142. The molecular formula is C15H25N3O2. The molecule has 2 N–H and O–H groups in total. The fraction of sp³-hybridized carbons (Fsp3) is 0.533. The van der Waals surface area contributed by atoms with Gasteiger partial charge in [0.2, 0.25) is 5.91 Å². The van der Waals surface area contributed by atoms with E-state index in [9.17, 15) is 4.79 Å². The summed E-state index contributed by atoms with van der Waals surface area (Å²) in [6.45, 7) is 3.11. The first-order valence-electron chi connectivity index (χ1n) is 6.80. The number of methoxy groups -OCH3 is 1. The van der Waals surface area contributed by atoms with Crippen LogP contribution in [-0.4, -0.2) is 51.7 Å². The van der Waals surface area contributed by atoms with Crippen molar-refractivity contribution in [1.29, 1.82) is 0 Å². The van der Waals surface area contributed by atoms with Crippen LogP contribution in [0, 0.1) is 0 Å². The number of amides is 1. The quantitative estimate of drug-likeness (QED) is 0.650. The summed E-state index contributed by atoms with van der Waals surface area (Å²) in [7, 11) is 5.73. The second-order valence-corrected chi connectivity index (χ2v) is 5.00. The van der Waals surface area contributed by atoms with Crippen LogP contribution in [0.5, 0.6) is 0 Å². The van der Waals surface area contributed by atoms with Gasteiger partial charge >= 0.3 is 0 Å². The van der Waals surface area contributed by atoms with E-state index in [4.69, 9.17) is 4.74 Å². The number of benzene rings is 1. The van der Waals surface area contributed by atoms with Crippen LogP contribution in [0.1, 0.15) is 11.1 Å². The topological polar surface area (TPSA) is 53.6 Å².